The highest BCUT2D eigenvalue weighted by Gasteiger charge is 2.48. The molecule has 2 rings (SSSR count). The molecule has 0 aromatic heterocycles. The SMILES string of the molecule is Cc1ccc(C)c(C(=O)CN2C(=O)N[C@](C)(CC(C)C)C2=O)c1. The molecule has 0 saturated carbocycles. The van der Waals surface area contributed by atoms with Gasteiger partial charge in [0.1, 0.15) is 5.54 Å². The number of amides is 3. The van der Waals surface area contributed by atoms with Crippen molar-refractivity contribution in [3.05, 3.63) is 34.9 Å². The van der Waals surface area contributed by atoms with E-state index in [-0.39, 0.29) is 24.2 Å². The molecule has 0 unspecified atom stereocenters. The summed E-state index contributed by atoms with van der Waals surface area (Å²) in [5, 5.41) is 2.73. The van der Waals surface area contributed by atoms with Gasteiger partial charge in [0, 0.05) is 5.56 Å². The average Bonchev–Trinajstić information content (AvgIpc) is 2.64. The highest BCUT2D eigenvalue weighted by Crippen LogP contribution is 2.25. The molecule has 1 aliphatic rings. The number of nitrogens with one attached hydrogen (secondary N) is 1. The highest BCUT2D eigenvalue weighted by atomic mass is 16.2. The minimum Gasteiger partial charge on any atom is -0.323 e. The lowest BCUT2D eigenvalue weighted by Gasteiger charge is -2.23. The first-order chi connectivity index (χ1) is 10.6. The van der Waals surface area contributed by atoms with E-state index in [4.69, 9.17) is 0 Å². The Hall–Kier alpha value is -2.17. The van der Waals surface area contributed by atoms with Crippen molar-refractivity contribution in [2.75, 3.05) is 6.54 Å². The van der Waals surface area contributed by atoms with Crippen molar-refractivity contribution < 1.29 is 14.4 Å². The van der Waals surface area contributed by atoms with E-state index in [1.165, 1.54) is 0 Å². The van der Waals surface area contributed by atoms with Crippen molar-refractivity contribution in [2.45, 2.75) is 46.6 Å². The smallest absolute Gasteiger partial charge is 0.323 e. The van der Waals surface area contributed by atoms with Crippen LogP contribution in [0.1, 0.15) is 48.7 Å². The van der Waals surface area contributed by atoms with E-state index in [1.807, 2.05) is 39.8 Å². The van der Waals surface area contributed by atoms with Gasteiger partial charge in [-0.2, -0.15) is 0 Å². The molecule has 5 heteroatoms. The third-order valence-corrected chi connectivity index (χ3v) is 4.16. The number of aryl methyl sites for hydroxylation is 2. The van der Waals surface area contributed by atoms with Gasteiger partial charge in [-0.15, -0.1) is 0 Å². The molecule has 23 heavy (non-hydrogen) atoms. The van der Waals surface area contributed by atoms with Crippen LogP contribution in [-0.4, -0.2) is 34.7 Å². The molecule has 0 bridgehead atoms. The van der Waals surface area contributed by atoms with Crippen LogP contribution in [-0.2, 0) is 4.79 Å². The van der Waals surface area contributed by atoms with Crippen molar-refractivity contribution >= 4 is 17.7 Å². The van der Waals surface area contributed by atoms with Gasteiger partial charge in [-0.05, 0) is 44.7 Å². The molecule has 3 amide bonds. The van der Waals surface area contributed by atoms with Gasteiger partial charge in [0.05, 0.1) is 6.54 Å². The first-order valence-corrected chi connectivity index (χ1v) is 7.88. The third kappa shape index (κ3) is 3.44. The number of rotatable bonds is 5. The Kier molecular flexibility index (Phi) is 4.59. The minimum absolute atomic E-state index is 0.219. The average molecular weight is 316 g/mol. The molecule has 0 spiro atoms. The van der Waals surface area contributed by atoms with Crippen molar-refractivity contribution in [3.63, 3.8) is 0 Å². The molecular weight excluding hydrogens is 292 g/mol. The van der Waals surface area contributed by atoms with Crippen LogP contribution in [0.2, 0.25) is 0 Å². The lowest BCUT2D eigenvalue weighted by atomic mass is 9.91. The van der Waals surface area contributed by atoms with Crippen LogP contribution in [0.3, 0.4) is 0 Å². The summed E-state index contributed by atoms with van der Waals surface area (Å²) in [7, 11) is 0. The molecule has 5 nitrogen and oxygen atoms in total. The lowest BCUT2D eigenvalue weighted by Crippen LogP contribution is -2.45. The minimum atomic E-state index is -0.923. The second kappa shape index (κ2) is 6.14. The number of Topliss-reactive ketones (excluding diaryl/α,β-unsaturated/α-hetero) is 1. The summed E-state index contributed by atoms with van der Waals surface area (Å²) in [6.45, 7) is 9.24. The fourth-order valence-corrected chi connectivity index (χ4v) is 3.11. The van der Waals surface area contributed by atoms with Crippen molar-refractivity contribution in [2.24, 2.45) is 5.92 Å². The Morgan fingerprint density at radius 2 is 1.91 bits per heavy atom. The molecule has 1 heterocycles. The fourth-order valence-electron chi connectivity index (χ4n) is 3.11. The predicted molar refractivity (Wildman–Crippen MR) is 88.4 cm³/mol. The molecule has 1 saturated heterocycles. The molecule has 1 N–H and O–H groups in total. The van der Waals surface area contributed by atoms with Gasteiger partial charge in [-0.3, -0.25) is 14.5 Å². The fraction of sp³-hybridized carbons (Fsp3) is 0.500. The van der Waals surface area contributed by atoms with E-state index < -0.39 is 11.6 Å². The Labute approximate surface area is 137 Å². The molecule has 1 fully saturated rings. The number of hydrogen-bond donors (Lipinski definition) is 1. The summed E-state index contributed by atoms with van der Waals surface area (Å²) in [4.78, 5) is 38.3. The van der Waals surface area contributed by atoms with Crippen LogP contribution in [0.25, 0.3) is 0 Å². The number of nitrogens with zero attached hydrogens (tertiary/aromatic N) is 1. The van der Waals surface area contributed by atoms with Crippen molar-refractivity contribution in [3.8, 4) is 0 Å². The molecule has 1 aliphatic heterocycles. The highest BCUT2D eigenvalue weighted by molar-refractivity contribution is 6.11. The molecular formula is C18H24N2O3. The quantitative estimate of drug-likeness (QED) is 0.671. The van der Waals surface area contributed by atoms with E-state index in [1.54, 1.807) is 13.0 Å². The molecule has 1 aromatic rings. The van der Waals surface area contributed by atoms with Crippen LogP contribution in [0.15, 0.2) is 18.2 Å². The first kappa shape index (κ1) is 17.2. The van der Waals surface area contributed by atoms with Crippen LogP contribution in [0.4, 0.5) is 4.79 Å². The van der Waals surface area contributed by atoms with E-state index >= 15 is 0 Å². The van der Waals surface area contributed by atoms with Gasteiger partial charge in [-0.1, -0.05) is 31.5 Å². The molecule has 124 valence electrons. The van der Waals surface area contributed by atoms with E-state index in [2.05, 4.69) is 5.32 Å². The van der Waals surface area contributed by atoms with Gasteiger partial charge in [0.25, 0.3) is 5.91 Å². The maximum absolute atomic E-state index is 12.6. The summed E-state index contributed by atoms with van der Waals surface area (Å²) >= 11 is 0. The van der Waals surface area contributed by atoms with E-state index in [9.17, 15) is 14.4 Å². The Balaban J connectivity index is 2.20. The summed E-state index contributed by atoms with van der Waals surface area (Å²) in [5.41, 5.74) is 1.45. The molecule has 0 aliphatic carbocycles. The van der Waals surface area contributed by atoms with Gasteiger partial charge < -0.3 is 5.32 Å². The molecule has 1 atom stereocenters. The maximum atomic E-state index is 12.6. The number of hydrogen-bond acceptors (Lipinski definition) is 3. The molecule has 1 aromatic carbocycles. The zero-order valence-corrected chi connectivity index (χ0v) is 14.4. The predicted octanol–water partition coefficient (Wildman–Crippen LogP) is 2.84. The summed E-state index contributed by atoms with van der Waals surface area (Å²) in [6.07, 6.45) is 0.547. The Bertz CT molecular complexity index is 666. The number of carbonyl (C=O) groups is 3. The molecule has 0 radical (unpaired) electrons. The normalized spacial score (nSPS) is 21.0. The maximum Gasteiger partial charge on any atom is 0.325 e. The number of benzene rings is 1. The van der Waals surface area contributed by atoms with Gasteiger partial charge in [0.2, 0.25) is 0 Å². The number of imide groups is 1. The monoisotopic (exact) mass is 316 g/mol. The topological polar surface area (TPSA) is 66.5 Å². The number of carbonyl (C=O) groups excluding carboxylic acids is 3. The zero-order valence-electron chi connectivity index (χ0n) is 14.4. The summed E-state index contributed by atoms with van der Waals surface area (Å²) in [6, 6.07) is 5.11. The zero-order chi connectivity index (χ0) is 17.4. The second-order valence-corrected chi connectivity index (χ2v) is 6.99. The van der Waals surface area contributed by atoms with Gasteiger partial charge in [0.15, 0.2) is 5.78 Å². The van der Waals surface area contributed by atoms with Gasteiger partial charge in [-0.25, -0.2) is 4.79 Å². The standard InChI is InChI=1S/C18H24N2O3/c1-11(2)9-18(5)16(22)20(17(23)19-18)10-15(21)14-8-12(3)6-7-13(14)4/h6-8,11H,9-10H2,1-5H3,(H,19,23)/t18-/m1/s1. The first-order valence-electron chi connectivity index (χ1n) is 7.88. The lowest BCUT2D eigenvalue weighted by molar-refractivity contribution is -0.131. The van der Waals surface area contributed by atoms with E-state index in [0.717, 1.165) is 16.0 Å². The van der Waals surface area contributed by atoms with Crippen LogP contribution < -0.4 is 5.32 Å². The second-order valence-electron chi connectivity index (χ2n) is 6.99. The number of ketones is 1. The summed E-state index contributed by atoms with van der Waals surface area (Å²) in [5.74, 6) is -0.280. The Morgan fingerprint density at radius 1 is 1.26 bits per heavy atom. The Morgan fingerprint density at radius 3 is 2.52 bits per heavy atom. The van der Waals surface area contributed by atoms with Crippen LogP contribution >= 0.6 is 0 Å². The number of urea groups is 1. The largest absolute Gasteiger partial charge is 0.325 e. The van der Waals surface area contributed by atoms with Gasteiger partial charge >= 0.3 is 6.03 Å². The van der Waals surface area contributed by atoms with Crippen LogP contribution in [0.5, 0.6) is 0 Å². The van der Waals surface area contributed by atoms with Crippen LogP contribution in [0, 0.1) is 19.8 Å². The summed E-state index contributed by atoms with van der Waals surface area (Å²) < 4.78 is 0. The van der Waals surface area contributed by atoms with E-state index in [0.29, 0.717) is 12.0 Å². The van der Waals surface area contributed by atoms with Crippen molar-refractivity contribution in [1.82, 2.24) is 10.2 Å². The van der Waals surface area contributed by atoms with Crippen molar-refractivity contribution in [1.29, 1.82) is 0 Å². The third-order valence-electron chi connectivity index (χ3n) is 4.16.